The first-order valence-electron chi connectivity index (χ1n) is 21.1. The summed E-state index contributed by atoms with van der Waals surface area (Å²) < 4.78 is 4.47. The molecule has 0 bridgehead atoms. The van der Waals surface area contributed by atoms with E-state index < -0.39 is 0 Å². The molecule has 0 radical (unpaired) electrons. The fourth-order valence-corrected chi connectivity index (χ4v) is 8.86. The number of hydrogen-bond donors (Lipinski definition) is 0. The lowest BCUT2D eigenvalue weighted by Crippen LogP contribution is -2.02. The Morgan fingerprint density at radius 1 is 0.328 bits per heavy atom. The molecular formula is C56H34N8. The van der Waals surface area contributed by atoms with Gasteiger partial charge in [0.05, 0.1) is 39.0 Å². The fourth-order valence-electron chi connectivity index (χ4n) is 8.86. The van der Waals surface area contributed by atoms with Gasteiger partial charge in [0, 0.05) is 55.4 Å². The van der Waals surface area contributed by atoms with Crippen molar-refractivity contribution in [3.05, 3.63) is 212 Å². The summed E-state index contributed by atoms with van der Waals surface area (Å²) in [6.45, 7) is 0. The summed E-state index contributed by atoms with van der Waals surface area (Å²) in [5.41, 5.74) is 10.5. The molecule has 0 aliphatic carbocycles. The average molecular weight is 819 g/mol. The van der Waals surface area contributed by atoms with Gasteiger partial charge >= 0.3 is 0 Å². The van der Waals surface area contributed by atoms with Gasteiger partial charge in [-0.2, -0.15) is 5.26 Å². The number of nitrogens with zero attached hydrogens (tertiary/aromatic N) is 8. The smallest absolute Gasteiger partial charge is 0.164 e. The van der Waals surface area contributed by atoms with Gasteiger partial charge < -0.3 is 4.57 Å². The van der Waals surface area contributed by atoms with Crippen molar-refractivity contribution in [2.75, 3.05) is 0 Å². The van der Waals surface area contributed by atoms with Crippen LogP contribution in [0.2, 0.25) is 0 Å². The van der Waals surface area contributed by atoms with Gasteiger partial charge in [0.15, 0.2) is 23.3 Å². The van der Waals surface area contributed by atoms with Crippen LogP contribution in [0.5, 0.6) is 0 Å². The van der Waals surface area contributed by atoms with Crippen LogP contribution in [-0.2, 0) is 0 Å². The number of fused-ring (bicyclic) bond motifs is 6. The third kappa shape index (κ3) is 6.19. The van der Waals surface area contributed by atoms with E-state index in [4.69, 9.17) is 24.9 Å². The Morgan fingerprint density at radius 2 is 0.766 bits per heavy atom. The molecule has 8 heteroatoms. The Bertz CT molecular complexity index is 3660. The third-order valence-corrected chi connectivity index (χ3v) is 11.8. The molecule has 8 aromatic carbocycles. The van der Waals surface area contributed by atoms with Crippen molar-refractivity contribution >= 4 is 43.6 Å². The molecule has 298 valence electrons. The topological polar surface area (TPSA) is 98.1 Å². The van der Waals surface area contributed by atoms with Gasteiger partial charge in [0.1, 0.15) is 11.9 Å². The predicted octanol–water partition coefficient (Wildman–Crippen LogP) is 13.1. The molecular weight excluding hydrogens is 785 g/mol. The minimum atomic E-state index is 0.489. The maximum absolute atomic E-state index is 10.9. The molecule has 64 heavy (non-hydrogen) atoms. The zero-order valence-corrected chi connectivity index (χ0v) is 34.2. The minimum Gasteiger partial charge on any atom is -0.308 e. The molecule has 0 aliphatic rings. The SMILES string of the molecule is N#Cc1cc(-c2nc(-c3ccccc3)nc(-c3ccccc3)n2)ccc1-n1c2ccccc2c2cc3c(cc21)c1ccccc1n3-c1cc(-c2ccccc2)nc(-c2ccccc2)n1. The lowest BCUT2D eigenvalue weighted by Gasteiger charge is -2.13. The van der Waals surface area contributed by atoms with Gasteiger partial charge in [0.25, 0.3) is 0 Å². The van der Waals surface area contributed by atoms with Crippen molar-refractivity contribution < 1.29 is 0 Å². The summed E-state index contributed by atoms with van der Waals surface area (Å²) in [5, 5.41) is 15.2. The zero-order valence-electron chi connectivity index (χ0n) is 34.2. The highest BCUT2D eigenvalue weighted by molar-refractivity contribution is 6.19. The molecule has 4 heterocycles. The summed E-state index contributed by atoms with van der Waals surface area (Å²) in [5.74, 6) is 3.04. The van der Waals surface area contributed by atoms with Crippen LogP contribution in [0.3, 0.4) is 0 Å². The Labute approximate surface area is 367 Å². The van der Waals surface area contributed by atoms with E-state index in [0.717, 1.165) is 88.6 Å². The predicted molar refractivity (Wildman–Crippen MR) is 256 cm³/mol. The van der Waals surface area contributed by atoms with E-state index in [0.29, 0.717) is 28.9 Å². The fraction of sp³-hybridized carbons (Fsp3) is 0. The summed E-state index contributed by atoms with van der Waals surface area (Å²) in [7, 11) is 0. The van der Waals surface area contributed by atoms with Crippen molar-refractivity contribution in [1.82, 2.24) is 34.1 Å². The maximum atomic E-state index is 10.9. The molecule has 0 aliphatic heterocycles. The molecule has 4 aromatic heterocycles. The van der Waals surface area contributed by atoms with Crippen molar-refractivity contribution in [3.8, 4) is 74.4 Å². The van der Waals surface area contributed by atoms with E-state index in [9.17, 15) is 5.26 Å². The van der Waals surface area contributed by atoms with Crippen LogP contribution in [0, 0.1) is 11.3 Å². The van der Waals surface area contributed by atoms with Gasteiger partial charge in [-0.15, -0.1) is 0 Å². The molecule has 12 aromatic rings. The van der Waals surface area contributed by atoms with Crippen LogP contribution in [0.4, 0.5) is 0 Å². The summed E-state index contributed by atoms with van der Waals surface area (Å²) in [4.78, 5) is 25.1. The molecule has 8 nitrogen and oxygen atoms in total. The largest absolute Gasteiger partial charge is 0.308 e. The van der Waals surface area contributed by atoms with E-state index >= 15 is 0 Å². The van der Waals surface area contributed by atoms with Crippen LogP contribution in [-0.4, -0.2) is 34.1 Å². The van der Waals surface area contributed by atoms with Gasteiger partial charge in [0.2, 0.25) is 0 Å². The zero-order chi connectivity index (χ0) is 42.6. The number of rotatable bonds is 7. The summed E-state index contributed by atoms with van der Waals surface area (Å²) in [6.07, 6.45) is 0. The molecule has 0 N–H and O–H groups in total. The number of benzene rings is 8. The van der Waals surface area contributed by atoms with Crippen LogP contribution >= 0.6 is 0 Å². The van der Waals surface area contributed by atoms with Gasteiger partial charge in [-0.25, -0.2) is 24.9 Å². The number of hydrogen-bond acceptors (Lipinski definition) is 6. The molecule has 0 amide bonds. The molecule has 0 fully saturated rings. The van der Waals surface area contributed by atoms with Crippen molar-refractivity contribution in [2.45, 2.75) is 0 Å². The quantitative estimate of drug-likeness (QED) is 0.159. The summed E-state index contributed by atoms with van der Waals surface area (Å²) in [6, 6.07) is 72.1. The number of aromatic nitrogens is 7. The number of para-hydroxylation sites is 2. The van der Waals surface area contributed by atoms with E-state index in [2.05, 4.69) is 88.0 Å². The van der Waals surface area contributed by atoms with Crippen LogP contribution in [0.25, 0.3) is 112 Å². The first kappa shape index (κ1) is 36.8. The van der Waals surface area contributed by atoms with Crippen LogP contribution in [0.1, 0.15) is 5.56 Å². The van der Waals surface area contributed by atoms with Crippen molar-refractivity contribution in [3.63, 3.8) is 0 Å². The molecule has 0 unspecified atom stereocenters. The highest BCUT2D eigenvalue weighted by Crippen LogP contribution is 2.41. The van der Waals surface area contributed by atoms with Gasteiger partial charge in [-0.1, -0.05) is 158 Å². The monoisotopic (exact) mass is 818 g/mol. The first-order chi connectivity index (χ1) is 31.7. The normalized spacial score (nSPS) is 11.4. The molecule has 0 saturated carbocycles. The second kappa shape index (κ2) is 15.1. The lowest BCUT2D eigenvalue weighted by molar-refractivity contribution is 1.05. The van der Waals surface area contributed by atoms with Crippen LogP contribution in [0.15, 0.2) is 206 Å². The van der Waals surface area contributed by atoms with Crippen molar-refractivity contribution in [2.24, 2.45) is 0 Å². The highest BCUT2D eigenvalue weighted by Gasteiger charge is 2.22. The lowest BCUT2D eigenvalue weighted by atomic mass is 10.1. The Kier molecular flexibility index (Phi) is 8.69. The second-order valence-electron chi connectivity index (χ2n) is 15.6. The first-order valence-corrected chi connectivity index (χ1v) is 21.1. The van der Waals surface area contributed by atoms with E-state index in [1.807, 2.05) is 133 Å². The van der Waals surface area contributed by atoms with Gasteiger partial charge in [-0.3, -0.25) is 4.57 Å². The average Bonchev–Trinajstić information content (AvgIpc) is 3.88. The standard InChI is InChI=1S/C56H34N8/c57-35-41-31-40(56-61-54(38-21-9-3-10-22-38)60-55(62-56)39-23-11-4-12-24-39)29-30-47(41)63-48-27-15-13-25-42(48)44-33-51-45(32-50(44)63)43-26-14-16-28-49(43)64(51)52-34-46(36-17-5-1-6-18-36)58-53(59-52)37-19-7-2-8-20-37/h1-34H. The molecule has 0 saturated heterocycles. The molecule has 12 rings (SSSR count). The summed E-state index contributed by atoms with van der Waals surface area (Å²) >= 11 is 0. The Hall–Kier alpha value is -9.06. The molecule has 0 atom stereocenters. The maximum Gasteiger partial charge on any atom is 0.164 e. The third-order valence-electron chi connectivity index (χ3n) is 11.8. The highest BCUT2D eigenvalue weighted by atomic mass is 15.1. The van der Waals surface area contributed by atoms with E-state index in [-0.39, 0.29) is 0 Å². The van der Waals surface area contributed by atoms with E-state index in [1.165, 1.54) is 0 Å². The number of nitriles is 1. The minimum absolute atomic E-state index is 0.489. The van der Waals surface area contributed by atoms with E-state index in [1.54, 1.807) is 0 Å². The van der Waals surface area contributed by atoms with Crippen molar-refractivity contribution in [1.29, 1.82) is 5.26 Å². The Morgan fingerprint density at radius 3 is 1.30 bits per heavy atom. The van der Waals surface area contributed by atoms with Crippen LogP contribution < -0.4 is 0 Å². The molecule has 0 spiro atoms. The Balaban J connectivity index is 1.07. The van der Waals surface area contributed by atoms with Gasteiger partial charge in [-0.05, 0) is 42.5 Å². The second-order valence-corrected chi connectivity index (χ2v) is 15.6.